The van der Waals surface area contributed by atoms with E-state index in [9.17, 15) is 9.59 Å². The van der Waals surface area contributed by atoms with Crippen LogP contribution in [-0.4, -0.2) is 38.0 Å². The van der Waals surface area contributed by atoms with Gasteiger partial charge in [0.25, 0.3) is 0 Å². The van der Waals surface area contributed by atoms with Gasteiger partial charge in [-0.1, -0.05) is 12.1 Å². The van der Waals surface area contributed by atoms with E-state index < -0.39 is 17.7 Å². The number of carbonyl (C=O) groups excluding carboxylic acids is 2. The maximum atomic E-state index is 12.5. The molecule has 0 aliphatic carbocycles. The molecule has 1 atom stereocenters. The molecule has 0 aromatic heterocycles. The average molecular weight is 473 g/mol. The number of esters is 2. The molecule has 2 aliphatic heterocycles. The summed E-state index contributed by atoms with van der Waals surface area (Å²) in [7, 11) is 3.32. The van der Waals surface area contributed by atoms with E-state index in [1.54, 1.807) is 12.1 Å². The van der Waals surface area contributed by atoms with Crippen LogP contribution in [0.15, 0.2) is 41.4 Å². The van der Waals surface area contributed by atoms with Crippen molar-refractivity contribution in [2.45, 2.75) is 45.8 Å². The number of nitrogens with zero attached hydrogens (tertiary/aromatic N) is 2. The maximum Gasteiger partial charge on any atom is 0.341 e. The number of aryl methyl sites for hydroxylation is 1. The maximum absolute atomic E-state index is 12.5. The topological polar surface area (TPSA) is 77.4 Å². The number of carbonyl (C=O) groups is 2. The molecule has 0 saturated heterocycles. The Morgan fingerprint density at radius 2 is 1.83 bits per heavy atom. The van der Waals surface area contributed by atoms with Crippen molar-refractivity contribution in [1.82, 2.24) is 0 Å². The molecule has 3 aromatic carbocycles. The van der Waals surface area contributed by atoms with Crippen molar-refractivity contribution in [2.75, 3.05) is 19.1 Å². The second kappa shape index (κ2) is 7.57. The van der Waals surface area contributed by atoms with Crippen LogP contribution < -0.4 is 14.4 Å². The smallest absolute Gasteiger partial charge is 0.341 e. The summed E-state index contributed by atoms with van der Waals surface area (Å²) >= 11 is 0. The number of hydrogen-bond acceptors (Lipinski definition) is 7. The van der Waals surface area contributed by atoms with Gasteiger partial charge in [0.05, 0.1) is 18.7 Å². The molecule has 7 nitrogen and oxygen atoms in total. The van der Waals surface area contributed by atoms with Gasteiger partial charge in [0.2, 0.25) is 5.72 Å². The summed E-state index contributed by atoms with van der Waals surface area (Å²) in [5.74, 6) is -0.367. The summed E-state index contributed by atoms with van der Waals surface area (Å²) in [6.45, 7) is 9.92. The third-order valence-electron chi connectivity index (χ3n) is 7.44. The zero-order valence-electron chi connectivity index (χ0n) is 21.0. The first-order chi connectivity index (χ1) is 16.5. The molecule has 3 aromatic rings. The van der Waals surface area contributed by atoms with Crippen molar-refractivity contribution in [3.63, 3.8) is 0 Å². The minimum absolute atomic E-state index is 0.145. The highest BCUT2D eigenvalue weighted by Crippen LogP contribution is 2.55. The van der Waals surface area contributed by atoms with Crippen LogP contribution in [0, 0.1) is 13.8 Å². The Bertz CT molecular complexity index is 1460. The van der Waals surface area contributed by atoms with E-state index in [0.717, 1.165) is 11.1 Å². The van der Waals surface area contributed by atoms with Gasteiger partial charge in [0.15, 0.2) is 0 Å². The lowest BCUT2D eigenvalue weighted by atomic mass is 9.75. The normalized spacial score (nSPS) is 19.3. The summed E-state index contributed by atoms with van der Waals surface area (Å²) in [5, 5.41) is 1.46. The molecule has 180 valence electrons. The van der Waals surface area contributed by atoms with Crippen LogP contribution in [0.4, 0.5) is 11.4 Å². The van der Waals surface area contributed by atoms with Gasteiger partial charge in [0.1, 0.15) is 22.7 Å². The predicted molar refractivity (Wildman–Crippen MR) is 135 cm³/mol. The number of rotatable bonds is 2. The van der Waals surface area contributed by atoms with Crippen LogP contribution >= 0.6 is 0 Å². The molecular formula is C28H28N2O5. The van der Waals surface area contributed by atoms with Crippen LogP contribution in [0.3, 0.4) is 0 Å². The van der Waals surface area contributed by atoms with Gasteiger partial charge in [-0.25, -0.2) is 4.79 Å². The second-order valence-corrected chi connectivity index (χ2v) is 9.71. The molecule has 2 heterocycles. The quantitative estimate of drug-likeness (QED) is 0.368. The van der Waals surface area contributed by atoms with E-state index in [2.05, 4.69) is 44.7 Å². The summed E-state index contributed by atoms with van der Waals surface area (Å²) in [6, 6.07) is 11.3. The molecular weight excluding hydrogens is 444 g/mol. The van der Waals surface area contributed by atoms with Gasteiger partial charge < -0.3 is 19.1 Å². The van der Waals surface area contributed by atoms with E-state index in [1.807, 2.05) is 25.4 Å². The first kappa shape index (κ1) is 22.9. The highest BCUT2D eigenvalue weighted by molar-refractivity contribution is 6.05. The molecule has 35 heavy (non-hydrogen) atoms. The van der Waals surface area contributed by atoms with Crippen molar-refractivity contribution in [2.24, 2.45) is 4.99 Å². The summed E-state index contributed by atoms with van der Waals surface area (Å²) < 4.78 is 17.0. The lowest BCUT2D eigenvalue weighted by molar-refractivity contribution is -0.131. The SMILES string of the molecule is COC(=O)c1cc2c3c(ccc2cc1OC(C)=O)OC1(C=N3)N(C)c2ccc(C)c(C)c2C1(C)C. The molecule has 0 radical (unpaired) electrons. The molecule has 0 fully saturated rings. The minimum Gasteiger partial charge on any atom is -0.465 e. The Morgan fingerprint density at radius 3 is 2.51 bits per heavy atom. The lowest BCUT2D eigenvalue weighted by Crippen LogP contribution is -2.61. The van der Waals surface area contributed by atoms with Gasteiger partial charge in [-0.15, -0.1) is 0 Å². The van der Waals surface area contributed by atoms with E-state index in [1.165, 1.54) is 30.7 Å². The fourth-order valence-electron chi connectivity index (χ4n) is 5.48. The fraction of sp³-hybridized carbons (Fsp3) is 0.321. The van der Waals surface area contributed by atoms with Gasteiger partial charge in [0, 0.05) is 25.0 Å². The monoisotopic (exact) mass is 472 g/mol. The number of aliphatic imine (C=N–C) groups is 1. The Kier molecular flexibility index (Phi) is 4.95. The third-order valence-corrected chi connectivity index (χ3v) is 7.44. The van der Waals surface area contributed by atoms with Crippen LogP contribution in [0.25, 0.3) is 10.8 Å². The molecule has 0 bridgehead atoms. The molecule has 0 amide bonds. The minimum atomic E-state index is -0.822. The number of ether oxygens (including phenoxy) is 3. The number of anilines is 1. The van der Waals surface area contributed by atoms with Crippen LogP contribution in [-0.2, 0) is 14.9 Å². The molecule has 2 aliphatic rings. The average Bonchev–Trinajstić information content (AvgIpc) is 2.98. The van der Waals surface area contributed by atoms with Gasteiger partial charge in [-0.3, -0.25) is 9.79 Å². The summed E-state index contributed by atoms with van der Waals surface area (Å²) in [6.07, 6.45) is 1.86. The van der Waals surface area contributed by atoms with Crippen LogP contribution in [0.2, 0.25) is 0 Å². The Hall–Kier alpha value is -3.87. The molecule has 1 spiro atoms. The summed E-state index contributed by atoms with van der Waals surface area (Å²) in [4.78, 5) is 31.1. The van der Waals surface area contributed by atoms with Crippen molar-refractivity contribution < 1.29 is 23.8 Å². The van der Waals surface area contributed by atoms with E-state index in [0.29, 0.717) is 16.8 Å². The number of benzene rings is 3. The van der Waals surface area contributed by atoms with E-state index in [-0.39, 0.29) is 16.7 Å². The Morgan fingerprint density at radius 1 is 1.09 bits per heavy atom. The zero-order chi connectivity index (χ0) is 25.3. The predicted octanol–water partition coefficient (Wildman–Crippen LogP) is 5.39. The van der Waals surface area contributed by atoms with E-state index >= 15 is 0 Å². The highest BCUT2D eigenvalue weighted by Gasteiger charge is 2.59. The summed E-state index contributed by atoms with van der Waals surface area (Å²) in [5.41, 5.74) is 4.40. The van der Waals surface area contributed by atoms with E-state index in [4.69, 9.17) is 19.2 Å². The third kappa shape index (κ3) is 3.07. The van der Waals surface area contributed by atoms with Crippen molar-refractivity contribution in [1.29, 1.82) is 0 Å². The standard InChI is InChI=1S/C28H28N2O5/c1-15-8-10-21-24(16(15)2)27(4,5)28(30(21)6)14-29-25-19-13-20(26(32)33-7)23(34-17(3)31)12-18(19)9-11-22(25)35-28/h8-14H,1-7H3. The first-order valence-electron chi connectivity index (χ1n) is 11.5. The number of hydrogen-bond donors (Lipinski definition) is 0. The number of fused-ring (bicyclic) bond motifs is 4. The van der Waals surface area contributed by atoms with Crippen LogP contribution in [0.5, 0.6) is 11.5 Å². The van der Waals surface area contributed by atoms with Gasteiger partial charge in [-0.2, -0.15) is 0 Å². The molecule has 1 unspecified atom stereocenters. The highest BCUT2D eigenvalue weighted by atomic mass is 16.5. The second-order valence-electron chi connectivity index (χ2n) is 9.71. The Balaban J connectivity index is 1.68. The number of methoxy groups -OCH3 is 1. The van der Waals surface area contributed by atoms with Crippen LogP contribution in [0.1, 0.15) is 47.8 Å². The fourth-order valence-corrected chi connectivity index (χ4v) is 5.48. The largest absolute Gasteiger partial charge is 0.465 e. The molecule has 0 saturated carbocycles. The van der Waals surface area contributed by atoms with Gasteiger partial charge in [-0.05, 0) is 74.0 Å². The van der Waals surface area contributed by atoms with Crippen molar-refractivity contribution in [3.8, 4) is 11.5 Å². The first-order valence-corrected chi connectivity index (χ1v) is 11.5. The zero-order valence-corrected chi connectivity index (χ0v) is 21.0. The van der Waals surface area contributed by atoms with Crippen molar-refractivity contribution in [3.05, 3.63) is 58.7 Å². The Labute approximate surface area is 204 Å². The van der Waals surface area contributed by atoms with Crippen molar-refractivity contribution >= 4 is 40.3 Å². The lowest BCUT2D eigenvalue weighted by Gasteiger charge is -2.45. The molecule has 0 N–H and O–H groups in total. The number of likely N-dealkylation sites (N-methyl/N-ethyl adjacent to an activating group) is 1. The van der Waals surface area contributed by atoms with Gasteiger partial charge >= 0.3 is 11.9 Å². The molecule has 7 heteroatoms. The molecule has 5 rings (SSSR count).